The predicted molar refractivity (Wildman–Crippen MR) is 244 cm³/mol. The van der Waals surface area contributed by atoms with Crippen molar-refractivity contribution in [2.75, 3.05) is 17.2 Å². The third kappa shape index (κ3) is 7.90. The Morgan fingerprint density at radius 3 is 1.59 bits per heavy atom. The van der Waals surface area contributed by atoms with Crippen LogP contribution in [0.25, 0.3) is 11.1 Å². The van der Waals surface area contributed by atoms with Gasteiger partial charge in [0.15, 0.2) is 0 Å². The Bertz CT molecular complexity index is 2540. The van der Waals surface area contributed by atoms with Crippen LogP contribution < -0.4 is 21.3 Å². The smallest absolute Gasteiger partial charge is 0.309 e. The molecule has 0 aliphatic heterocycles. The molecule has 0 atom stereocenters. The van der Waals surface area contributed by atoms with Crippen LogP contribution in [0.1, 0.15) is 163 Å². The number of carboxylic acids is 2. The van der Waals surface area contributed by atoms with Crippen LogP contribution in [0.2, 0.25) is 0 Å². The fourth-order valence-corrected chi connectivity index (χ4v) is 12.1. The normalized spacial score (nSPS) is 26.6. The molecule has 0 saturated heterocycles. The van der Waals surface area contributed by atoms with Gasteiger partial charge in [-0.1, -0.05) is 24.3 Å². The lowest BCUT2D eigenvalue weighted by Crippen LogP contribution is -2.40. The average molecular weight is 865 g/mol. The third-order valence-electron chi connectivity index (χ3n) is 16.5. The summed E-state index contributed by atoms with van der Waals surface area (Å²) in [4.78, 5) is 60.8. The molecule has 12 nitrogen and oxygen atoms in total. The Morgan fingerprint density at radius 2 is 1.12 bits per heavy atom. The average Bonchev–Trinajstić information content (AvgIpc) is 4.19. The van der Waals surface area contributed by atoms with Crippen LogP contribution in [0.15, 0.2) is 60.9 Å². The fraction of sp³-hybridized carbons (Fsp3) is 0.500. The van der Waals surface area contributed by atoms with Gasteiger partial charge in [-0.2, -0.15) is 0 Å². The Morgan fingerprint density at radius 1 is 0.641 bits per heavy atom. The van der Waals surface area contributed by atoms with Crippen LogP contribution >= 0.6 is 0 Å². The number of rotatable bonds is 17. The highest BCUT2D eigenvalue weighted by Crippen LogP contribution is 2.63. The van der Waals surface area contributed by atoms with E-state index in [0.29, 0.717) is 54.1 Å². The molecule has 2 amide bonds. The van der Waals surface area contributed by atoms with Gasteiger partial charge in [0, 0.05) is 42.4 Å². The van der Waals surface area contributed by atoms with E-state index < -0.39 is 22.8 Å². The number of benzene rings is 2. The molecule has 2 aromatic heterocycles. The molecule has 6 aliphatic carbocycles. The van der Waals surface area contributed by atoms with E-state index in [0.717, 1.165) is 135 Å². The van der Waals surface area contributed by atoms with Crippen molar-refractivity contribution in [3.05, 3.63) is 106 Å². The lowest BCUT2D eigenvalue weighted by Gasteiger charge is -2.28. The van der Waals surface area contributed by atoms with E-state index >= 15 is 0 Å². The number of fused-ring (bicyclic) bond motifs is 4. The lowest BCUT2D eigenvalue weighted by molar-refractivity contribution is -0.149. The number of aliphatic carboxylic acids is 2. The summed E-state index contributed by atoms with van der Waals surface area (Å²) in [7, 11) is 0. The Balaban J connectivity index is 0.786. The predicted octanol–water partition coefficient (Wildman–Crippen LogP) is 9.41. The zero-order valence-electron chi connectivity index (χ0n) is 37.1. The molecule has 2 heterocycles. The Kier molecular flexibility index (Phi) is 10.8. The highest BCUT2D eigenvalue weighted by atomic mass is 16.4. The van der Waals surface area contributed by atoms with Gasteiger partial charge in [-0.3, -0.25) is 29.1 Å². The van der Waals surface area contributed by atoms with Gasteiger partial charge in [0.1, 0.15) is 11.4 Å². The van der Waals surface area contributed by atoms with Gasteiger partial charge in [0.2, 0.25) is 0 Å². The molecule has 0 radical (unpaired) electrons. The highest BCUT2D eigenvalue weighted by Gasteiger charge is 2.59. The standard InChI is InChI=1S/C52H60N6O6/c1-31-37(5-3-7-41(31)57-45(59)43-23-39(33-9-10-33)35(26-54-43)25-53-22-21-49-13-15-50(29-49,16-14-49)47(61)62)38-6-4-8-42(32(38)2)58-46(60)44-24-40(34-11-12-34)36(27-55-44)28-56-52-19-17-51(30-52,18-20-52)48(63)64/h3-8,23-24,26-27,33-34,53,56H,9-22,25,28-30H2,1-2H3,(H,57,59)(H,58,60)(H,61,62)(H,63,64). The molecule has 6 fully saturated rings. The summed E-state index contributed by atoms with van der Waals surface area (Å²) >= 11 is 0. The Hall–Kier alpha value is -5.46. The zero-order chi connectivity index (χ0) is 44.4. The van der Waals surface area contributed by atoms with Crippen LogP contribution in [-0.2, 0) is 22.7 Å². The van der Waals surface area contributed by atoms with Crippen molar-refractivity contribution in [1.82, 2.24) is 20.6 Å². The van der Waals surface area contributed by atoms with E-state index in [-0.39, 0.29) is 22.8 Å². The number of aromatic nitrogens is 2. The monoisotopic (exact) mass is 864 g/mol. The van der Waals surface area contributed by atoms with Gasteiger partial charge in [0.25, 0.3) is 11.8 Å². The maximum Gasteiger partial charge on any atom is 0.309 e. The molecule has 64 heavy (non-hydrogen) atoms. The van der Waals surface area contributed by atoms with Gasteiger partial charge < -0.3 is 31.5 Å². The largest absolute Gasteiger partial charge is 0.481 e. The number of carbonyl (C=O) groups excluding carboxylic acids is 2. The molecule has 6 aliphatic rings. The number of carboxylic acid groups (broad SMARTS) is 2. The fourth-order valence-electron chi connectivity index (χ4n) is 12.1. The van der Waals surface area contributed by atoms with Crippen LogP contribution in [0.4, 0.5) is 11.4 Å². The molecular weight excluding hydrogens is 805 g/mol. The summed E-state index contributed by atoms with van der Waals surface area (Å²) in [5.41, 5.74) is 9.24. The van der Waals surface area contributed by atoms with Crippen molar-refractivity contribution in [1.29, 1.82) is 0 Å². The van der Waals surface area contributed by atoms with Crippen molar-refractivity contribution in [2.45, 2.75) is 141 Å². The van der Waals surface area contributed by atoms with Crippen molar-refractivity contribution in [3.8, 4) is 11.1 Å². The van der Waals surface area contributed by atoms with Crippen LogP contribution in [-0.4, -0.2) is 56.0 Å². The summed E-state index contributed by atoms with van der Waals surface area (Å²) in [6, 6.07) is 15.6. The summed E-state index contributed by atoms with van der Waals surface area (Å²) in [6.45, 7) is 6.10. The second-order valence-electron chi connectivity index (χ2n) is 20.5. The zero-order valence-corrected chi connectivity index (χ0v) is 37.1. The SMILES string of the molecule is Cc1c(NC(=O)c2cc(C3CC3)c(CNCCC34CCC(C(=O)O)(CC3)C4)cn2)cccc1-c1cccc(NC(=O)c2cc(C3CC3)c(CNC34CCC(C(=O)O)(CC3)C4)cn2)c1C. The van der Waals surface area contributed by atoms with Gasteiger partial charge >= 0.3 is 11.9 Å². The van der Waals surface area contributed by atoms with E-state index in [1.165, 1.54) is 5.56 Å². The number of hydrogen-bond acceptors (Lipinski definition) is 8. The summed E-state index contributed by atoms with van der Waals surface area (Å²) < 4.78 is 0. The molecule has 6 N–H and O–H groups in total. The number of nitrogens with zero attached hydrogens (tertiary/aromatic N) is 2. The first-order valence-corrected chi connectivity index (χ1v) is 23.5. The van der Waals surface area contributed by atoms with Gasteiger partial charge in [-0.05, 0) is 203 Å². The molecule has 6 saturated carbocycles. The minimum Gasteiger partial charge on any atom is -0.481 e. The number of carbonyl (C=O) groups is 4. The number of anilines is 2. The van der Waals surface area contributed by atoms with Crippen molar-refractivity contribution < 1.29 is 29.4 Å². The van der Waals surface area contributed by atoms with Gasteiger partial charge in [-0.25, -0.2) is 0 Å². The molecular formula is C52H60N6O6. The van der Waals surface area contributed by atoms with Gasteiger partial charge in [0.05, 0.1) is 10.8 Å². The van der Waals surface area contributed by atoms with E-state index in [1.807, 2.05) is 74.8 Å². The van der Waals surface area contributed by atoms with Crippen molar-refractivity contribution in [2.24, 2.45) is 16.2 Å². The van der Waals surface area contributed by atoms with E-state index in [2.05, 4.69) is 31.2 Å². The lowest BCUT2D eigenvalue weighted by atomic mass is 9.80. The third-order valence-corrected chi connectivity index (χ3v) is 16.5. The van der Waals surface area contributed by atoms with E-state index in [1.54, 1.807) is 0 Å². The maximum atomic E-state index is 13.8. The molecule has 4 aromatic rings. The maximum absolute atomic E-state index is 13.8. The van der Waals surface area contributed by atoms with Crippen molar-refractivity contribution in [3.63, 3.8) is 0 Å². The highest BCUT2D eigenvalue weighted by molar-refractivity contribution is 6.05. The minimum absolute atomic E-state index is 0.142. The molecule has 2 aromatic carbocycles. The number of pyridine rings is 2. The van der Waals surface area contributed by atoms with Crippen LogP contribution in [0, 0.1) is 30.1 Å². The molecule has 10 rings (SSSR count). The summed E-state index contributed by atoms with van der Waals surface area (Å²) in [5.74, 6) is -1.00. The molecule has 4 bridgehead atoms. The number of nitrogens with one attached hydrogen (secondary N) is 4. The minimum atomic E-state index is -0.668. The first-order valence-electron chi connectivity index (χ1n) is 23.5. The van der Waals surface area contributed by atoms with Crippen LogP contribution in [0.5, 0.6) is 0 Å². The first kappa shape index (κ1) is 42.5. The number of amides is 2. The molecule has 12 heteroatoms. The van der Waals surface area contributed by atoms with Crippen LogP contribution in [0.3, 0.4) is 0 Å². The van der Waals surface area contributed by atoms with E-state index in [9.17, 15) is 29.4 Å². The molecule has 334 valence electrons. The molecule has 0 spiro atoms. The number of hydrogen-bond donors (Lipinski definition) is 6. The summed E-state index contributed by atoms with van der Waals surface area (Å²) in [6.07, 6.45) is 17.3. The quantitative estimate of drug-likeness (QED) is 0.0560. The topological polar surface area (TPSA) is 183 Å². The Labute approximate surface area is 374 Å². The first-order chi connectivity index (χ1) is 30.8. The van der Waals surface area contributed by atoms with E-state index in [4.69, 9.17) is 0 Å². The van der Waals surface area contributed by atoms with Crippen molar-refractivity contribution >= 4 is 35.1 Å². The second-order valence-corrected chi connectivity index (χ2v) is 20.5. The molecule has 0 unspecified atom stereocenters. The summed E-state index contributed by atoms with van der Waals surface area (Å²) in [5, 5.41) is 33.3. The van der Waals surface area contributed by atoms with Gasteiger partial charge in [-0.15, -0.1) is 0 Å². The second kappa shape index (κ2) is 16.2.